The molecule has 0 aliphatic rings. The van der Waals surface area contributed by atoms with Gasteiger partial charge in [0.1, 0.15) is 22.3 Å². The highest BCUT2D eigenvalue weighted by molar-refractivity contribution is 6.21. The minimum Gasteiger partial charge on any atom is -0.456 e. The fourth-order valence-electron chi connectivity index (χ4n) is 6.95. The van der Waals surface area contributed by atoms with Crippen LogP contribution in [0.3, 0.4) is 0 Å². The molecule has 48 heavy (non-hydrogen) atoms. The van der Waals surface area contributed by atoms with Crippen LogP contribution >= 0.6 is 0 Å². The normalized spacial score (nSPS) is 11.8. The molecule has 7 aromatic carbocycles. The number of hydrogen-bond acceptors (Lipinski definition) is 5. The van der Waals surface area contributed by atoms with Gasteiger partial charge in [-0.05, 0) is 46.7 Å². The van der Waals surface area contributed by atoms with Crippen LogP contribution in [0.25, 0.3) is 99.9 Å². The van der Waals surface area contributed by atoms with Crippen LogP contribution in [0.15, 0.2) is 160 Å². The van der Waals surface area contributed by atoms with E-state index >= 15 is 0 Å². The Balaban J connectivity index is 1.21. The topological polar surface area (TPSA) is 65.0 Å². The van der Waals surface area contributed by atoms with Gasteiger partial charge in [0.2, 0.25) is 0 Å². The molecule has 10 aromatic rings. The lowest BCUT2D eigenvalue weighted by molar-refractivity contribution is 0.668. The van der Waals surface area contributed by atoms with E-state index in [1.54, 1.807) is 0 Å². The lowest BCUT2D eigenvalue weighted by atomic mass is 9.92. The van der Waals surface area contributed by atoms with Crippen molar-refractivity contribution in [2.45, 2.75) is 0 Å². The summed E-state index contributed by atoms with van der Waals surface area (Å²) in [5, 5.41) is 6.47. The monoisotopic (exact) mass is 615 g/mol. The van der Waals surface area contributed by atoms with Crippen molar-refractivity contribution >= 4 is 54.6 Å². The van der Waals surface area contributed by atoms with E-state index in [2.05, 4.69) is 66.7 Å². The van der Waals surface area contributed by atoms with Crippen LogP contribution in [0.2, 0.25) is 0 Å². The number of furan rings is 2. The van der Waals surface area contributed by atoms with Crippen LogP contribution in [-0.2, 0) is 0 Å². The number of aromatic nitrogens is 3. The Hall–Kier alpha value is -6.59. The maximum atomic E-state index is 6.60. The molecule has 0 radical (unpaired) electrons. The summed E-state index contributed by atoms with van der Waals surface area (Å²) in [7, 11) is 0. The molecule has 10 rings (SSSR count). The van der Waals surface area contributed by atoms with Crippen LogP contribution in [0.5, 0.6) is 0 Å². The zero-order valence-corrected chi connectivity index (χ0v) is 25.6. The quantitative estimate of drug-likeness (QED) is 0.197. The third-order valence-electron chi connectivity index (χ3n) is 9.12. The molecule has 5 nitrogen and oxygen atoms in total. The van der Waals surface area contributed by atoms with Gasteiger partial charge in [0.15, 0.2) is 17.5 Å². The number of hydrogen-bond donors (Lipinski definition) is 0. The van der Waals surface area contributed by atoms with Gasteiger partial charge in [-0.15, -0.1) is 0 Å². The second-order valence-electron chi connectivity index (χ2n) is 12.0. The largest absolute Gasteiger partial charge is 0.456 e. The minimum absolute atomic E-state index is 0.598. The smallest absolute Gasteiger partial charge is 0.164 e. The predicted molar refractivity (Wildman–Crippen MR) is 194 cm³/mol. The van der Waals surface area contributed by atoms with Gasteiger partial charge in [-0.2, -0.15) is 0 Å². The number of benzene rings is 7. The number of para-hydroxylation sites is 1. The lowest BCUT2D eigenvalue weighted by Crippen LogP contribution is -2.00. The van der Waals surface area contributed by atoms with E-state index in [-0.39, 0.29) is 0 Å². The molecule has 0 aliphatic heterocycles. The molecule has 0 saturated carbocycles. The highest BCUT2D eigenvalue weighted by atomic mass is 16.3. The van der Waals surface area contributed by atoms with Crippen molar-refractivity contribution in [2.75, 3.05) is 0 Å². The van der Waals surface area contributed by atoms with Gasteiger partial charge in [-0.25, -0.2) is 15.0 Å². The van der Waals surface area contributed by atoms with Crippen molar-refractivity contribution < 1.29 is 8.83 Å². The van der Waals surface area contributed by atoms with Crippen molar-refractivity contribution in [1.29, 1.82) is 0 Å². The molecule has 0 atom stereocenters. The molecule has 3 heterocycles. The Labute approximate surface area is 274 Å². The number of nitrogens with zero attached hydrogens (tertiary/aromatic N) is 3. The maximum Gasteiger partial charge on any atom is 0.164 e. The molecule has 0 amide bonds. The van der Waals surface area contributed by atoms with E-state index in [9.17, 15) is 0 Å². The molecule has 0 saturated heterocycles. The molecular formula is C43H25N3O2. The van der Waals surface area contributed by atoms with Gasteiger partial charge < -0.3 is 8.83 Å². The maximum absolute atomic E-state index is 6.60. The summed E-state index contributed by atoms with van der Waals surface area (Å²) in [6, 6.07) is 51.5. The fraction of sp³-hybridized carbons (Fsp3) is 0. The summed E-state index contributed by atoms with van der Waals surface area (Å²) in [4.78, 5) is 14.9. The van der Waals surface area contributed by atoms with Gasteiger partial charge in [-0.3, -0.25) is 0 Å². The summed E-state index contributed by atoms with van der Waals surface area (Å²) in [6.07, 6.45) is 0. The van der Waals surface area contributed by atoms with Crippen LogP contribution in [-0.4, -0.2) is 15.0 Å². The highest BCUT2D eigenvalue weighted by Crippen LogP contribution is 2.44. The van der Waals surface area contributed by atoms with E-state index in [0.29, 0.717) is 17.5 Å². The first-order valence-corrected chi connectivity index (χ1v) is 15.9. The first-order chi connectivity index (χ1) is 23.8. The summed E-state index contributed by atoms with van der Waals surface area (Å²) in [6.45, 7) is 0. The van der Waals surface area contributed by atoms with E-state index in [1.807, 2.05) is 84.9 Å². The highest BCUT2D eigenvalue weighted by Gasteiger charge is 2.20. The molecule has 0 fully saturated rings. The fourth-order valence-corrected chi connectivity index (χ4v) is 6.95. The van der Waals surface area contributed by atoms with Crippen molar-refractivity contribution in [1.82, 2.24) is 15.0 Å². The third kappa shape index (κ3) is 4.15. The average Bonchev–Trinajstić information content (AvgIpc) is 3.72. The summed E-state index contributed by atoms with van der Waals surface area (Å²) >= 11 is 0. The summed E-state index contributed by atoms with van der Waals surface area (Å²) < 4.78 is 13.0. The van der Waals surface area contributed by atoms with E-state index in [1.165, 1.54) is 5.39 Å². The van der Waals surface area contributed by atoms with Gasteiger partial charge >= 0.3 is 0 Å². The van der Waals surface area contributed by atoms with Crippen molar-refractivity contribution in [2.24, 2.45) is 0 Å². The molecule has 3 aromatic heterocycles. The van der Waals surface area contributed by atoms with Gasteiger partial charge in [0.25, 0.3) is 0 Å². The molecule has 0 bridgehead atoms. The Morgan fingerprint density at radius 1 is 0.354 bits per heavy atom. The molecule has 224 valence electrons. The van der Waals surface area contributed by atoms with Crippen molar-refractivity contribution in [3.8, 4) is 45.3 Å². The second-order valence-corrected chi connectivity index (χ2v) is 12.0. The molecule has 5 heteroatoms. The first kappa shape index (κ1) is 26.6. The Morgan fingerprint density at radius 3 is 1.73 bits per heavy atom. The van der Waals surface area contributed by atoms with Crippen molar-refractivity contribution in [3.63, 3.8) is 0 Å². The molecule has 0 aliphatic carbocycles. The standard InChI is InChI=1S/C43H25N3O2/c1-3-12-26(13-4-1)41-44-42(27-14-5-2-6-15-27)46-43(45-41)33-19-11-21-35-39(33)32-23-22-29(25-36(32)48-35)38-30-17-8-7-16-28(30)24-37-40(38)31-18-9-10-20-34(31)47-37/h1-25H. The Kier molecular flexibility index (Phi) is 5.81. The lowest BCUT2D eigenvalue weighted by Gasteiger charge is -2.10. The third-order valence-corrected chi connectivity index (χ3v) is 9.12. The zero-order valence-electron chi connectivity index (χ0n) is 25.6. The Morgan fingerprint density at radius 2 is 0.958 bits per heavy atom. The number of rotatable bonds is 4. The zero-order chi connectivity index (χ0) is 31.6. The molecule has 0 N–H and O–H groups in total. The molecule has 0 unspecified atom stereocenters. The molecule has 0 spiro atoms. The van der Waals surface area contributed by atoms with Crippen molar-refractivity contribution in [3.05, 3.63) is 152 Å². The summed E-state index contributed by atoms with van der Waals surface area (Å²) in [5.74, 6) is 1.85. The van der Waals surface area contributed by atoms with Crippen LogP contribution in [0, 0.1) is 0 Å². The number of fused-ring (bicyclic) bond motifs is 7. The van der Waals surface area contributed by atoms with Gasteiger partial charge in [0.05, 0.1) is 0 Å². The van der Waals surface area contributed by atoms with Crippen LogP contribution in [0.1, 0.15) is 0 Å². The van der Waals surface area contributed by atoms with Crippen LogP contribution < -0.4 is 0 Å². The second kappa shape index (κ2) is 10.5. The van der Waals surface area contributed by atoms with E-state index < -0.39 is 0 Å². The SMILES string of the molecule is c1ccc(-c2nc(-c3ccccc3)nc(-c3cccc4oc5cc(-c6c7ccccc7cc7oc8ccccc8c67)ccc5c34)n2)cc1. The van der Waals surface area contributed by atoms with Crippen LogP contribution in [0.4, 0.5) is 0 Å². The van der Waals surface area contributed by atoms with E-state index in [4.69, 9.17) is 23.8 Å². The molecular weight excluding hydrogens is 590 g/mol. The van der Waals surface area contributed by atoms with Gasteiger partial charge in [0, 0.05) is 43.8 Å². The Bertz CT molecular complexity index is 2780. The van der Waals surface area contributed by atoms with Gasteiger partial charge in [-0.1, -0.05) is 121 Å². The summed E-state index contributed by atoms with van der Waals surface area (Å²) in [5.41, 5.74) is 8.27. The predicted octanol–water partition coefficient (Wildman–Crippen LogP) is 11.5. The first-order valence-electron chi connectivity index (χ1n) is 15.9. The average molecular weight is 616 g/mol. The minimum atomic E-state index is 0.598. The van der Waals surface area contributed by atoms with E-state index in [0.717, 1.165) is 77.1 Å².